The van der Waals surface area contributed by atoms with Gasteiger partial charge in [-0.15, -0.1) is 0 Å². The van der Waals surface area contributed by atoms with E-state index in [0.717, 1.165) is 11.1 Å². The second-order valence-electron chi connectivity index (χ2n) is 16.8. The van der Waals surface area contributed by atoms with Gasteiger partial charge in [0.1, 0.15) is 11.4 Å². The first-order valence-electron chi connectivity index (χ1n) is 21.7. The largest absolute Gasteiger partial charge is 0.373 e. The monoisotopic (exact) mass is 920 g/mol. The second-order valence-corrected chi connectivity index (χ2v) is 16.8. The Kier molecular flexibility index (Phi) is 12.0. The topological polar surface area (TPSA) is 270 Å². The summed E-state index contributed by atoms with van der Waals surface area (Å²) in [5.74, 6) is 0.354. The molecule has 68 heavy (non-hydrogen) atoms. The second kappa shape index (κ2) is 18.2. The number of pyridine rings is 2. The highest BCUT2D eigenvalue weighted by Crippen LogP contribution is 2.36. The van der Waals surface area contributed by atoms with Gasteiger partial charge in [-0.25, -0.2) is 29.9 Å². The number of aryl methyl sites for hydroxylation is 2. The van der Waals surface area contributed by atoms with Gasteiger partial charge in [-0.1, -0.05) is 22.4 Å². The van der Waals surface area contributed by atoms with E-state index in [0.29, 0.717) is 70.5 Å². The van der Waals surface area contributed by atoms with E-state index in [2.05, 4.69) is 61.0 Å². The van der Waals surface area contributed by atoms with Crippen LogP contribution in [0.3, 0.4) is 0 Å². The number of anilines is 2. The SMILES string of the molecule is CC(Nc1nccc(-c2cccc(-c3cc(C4(O)CCN(C)C4=O)on3)n2)n1)c1cnn(C)c1.CC(Nc1nccc(-c2cccc(-c3cc(C4(O)CCN(C)C4=O)on3)n2)n1)c1cnn(C)c1. The van der Waals surface area contributed by atoms with Crippen LogP contribution in [0.4, 0.5) is 11.9 Å². The minimum Gasteiger partial charge on any atom is -0.373 e. The van der Waals surface area contributed by atoms with E-state index in [4.69, 9.17) is 9.05 Å². The number of hydrogen-bond acceptors (Lipinski definition) is 18. The van der Waals surface area contributed by atoms with Crippen LogP contribution in [0.15, 0.2) is 107 Å². The number of rotatable bonds is 12. The summed E-state index contributed by atoms with van der Waals surface area (Å²) in [6, 6.07) is 17.5. The van der Waals surface area contributed by atoms with E-state index in [1.807, 2.05) is 64.6 Å². The molecule has 4 N–H and O–H groups in total. The summed E-state index contributed by atoms with van der Waals surface area (Å²) < 4.78 is 14.2. The van der Waals surface area contributed by atoms with Crippen LogP contribution in [-0.4, -0.2) is 119 Å². The van der Waals surface area contributed by atoms with Crippen LogP contribution in [0.1, 0.15) is 61.4 Å². The molecule has 8 aromatic rings. The minimum atomic E-state index is -1.70. The molecule has 2 amide bonds. The molecule has 22 heteroatoms. The van der Waals surface area contributed by atoms with Gasteiger partial charge < -0.3 is 39.7 Å². The number of hydrogen-bond donors (Lipinski definition) is 4. The van der Waals surface area contributed by atoms with Gasteiger partial charge in [-0.3, -0.25) is 19.0 Å². The van der Waals surface area contributed by atoms with Crippen molar-refractivity contribution in [1.82, 2.24) is 69.6 Å². The fraction of sp³-hybridized carbons (Fsp3) is 0.304. The maximum Gasteiger partial charge on any atom is 0.262 e. The number of nitrogens with zero attached hydrogens (tertiary/aromatic N) is 14. The Morgan fingerprint density at radius 3 is 1.31 bits per heavy atom. The first-order valence-corrected chi connectivity index (χ1v) is 21.7. The zero-order chi connectivity index (χ0) is 47.7. The summed E-state index contributed by atoms with van der Waals surface area (Å²) in [6.45, 7) is 4.91. The van der Waals surface area contributed by atoms with Gasteiger partial charge in [0, 0.05) is 102 Å². The molecule has 8 aromatic heterocycles. The van der Waals surface area contributed by atoms with Crippen molar-refractivity contribution in [3.8, 4) is 45.6 Å². The van der Waals surface area contributed by atoms with Crippen molar-refractivity contribution in [2.45, 2.75) is 50.0 Å². The van der Waals surface area contributed by atoms with E-state index < -0.39 is 23.0 Å². The third kappa shape index (κ3) is 9.00. The fourth-order valence-corrected chi connectivity index (χ4v) is 7.81. The molecule has 0 radical (unpaired) electrons. The summed E-state index contributed by atoms with van der Waals surface area (Å²) in [7, 11) is 7.03. The van der Waals surface area contributed by atoms with Crippen LogP contribution in [0.5, 0.6) is 0 Å². The van der Waals surface area contributed by atoms with Gasteiger partial charge >= 0.3 is 0 Å². The lowest BCUT2D eigenvalue weighted by Crippen LogP contribution is -2.35. The Balaban J connectivity index is 0.000000170. The van der Waals surface area contributed by atoms with E-state index >= 15 is 0 Å². The Morgan fingerprint density at radius 1 is 0.574 bits per heavy atom. The van der Waals surface area contributed by atoms with E-state index in [9.17, 15) is 19.8 Å². The van der Waals surface area contributed by atoms with Gasteiger partial charge in [0.05, 0.1) is 58.6 Å². The molecule has 0 spiro atoms. The van der Waals surface area contributed by atoms with Crippen LogP contribution in [-0.2, 0) is 34.9 Å². The van der Waals surface area contributed by atoms with Crippen LogP contribution < -0.4 is 10.6 Å². The highest BCUT2D eigenvalue weighted by atomic mass is 16.5. The lowest BCUT2D eigenvalue weighted by molar-refractivity contribution is -0.145. The highest BCUT2D eigenvalue weighted by molar-refractivity contribution is 5.88. The number of aromatic nitrogens is 12. The van der Waals surface area contributed by atoms with Gasteiger partial charge in [0.25, 0.3) is 11.8 Å². The Bertz CT molecular complexity index is 2900. The first kappa shape index (κ1) is 44.9. The molecule has 4 unspecified atom stereocenters. The van der Waals surface area contributed by atoms with Crippen molar-refractivity contribution >= 4 is 23.7 Å². The van der Waals surface area contributed by atoms with Crippen molar-refractivity contribution < 1.29 is 28.8 Å². The number of carbonyl (C=O) groups excluding carboxylic acids is 2. The van der Waals surface area contributed by atoms with Crippen molar-refractivity contribution in [1.29, 1.82) is 0 Å². The average Bonchev–Trinajstić information content (AvgIpc) is 4.24. The number of likely N-dealkylation sites (tertiary alicyclic amines) is 2. The summed E-state index contributed by atoms with van der Waals surface area (Å²) >= 11 is 0. The Labute approximate surface area is 389 Å². The maximum absolute atomic E-state index is 12.4. The Morgan fingerprint density at radius 2 is 0.956 bits per heavy atom. The number of aliphatic hydroxyl groups is 2. The first-order chi connectivity index (χ1) is 32.7. The van der Waals surface area contributed by atoms with E-state index in [-0.39, 0.29) is 36.4 Å². The highest BCUT2D eigenvalue weighted by Gasteiger charge is 2.49. The zero-order valence-corrected chi connectivity index (χ0v) is 38.0. The van der Waals surface area contributed by atoms with Gasteiger partial charge in [-0.2, -0.15) is 10.2 Å². The standard InChI is InChI=1S/2C23H24N8O3/c2*1-14(15-12-25-31(3)13-15)26-22-24-9-7-18(28-22)16-5-4-6-17(27-16)19-11-20(34-29-19)23(33)8-10-30(2)21(23)32/h2*4-7,9,11-14,33H,8,10H2,1-3H3,(H,24,26,28). The lowest BCUT2D eigenvalue weighted by Gasteiger charge is -2.16. The average molecular weight is 921 g/mol. The molecule has 2 aliphatic heterocycles. The van der Waals surface area contributed by atoms with Crippen molar-refractivity contribution in [2.75, 3.05) is 37.8 Å². The molecule has 22 nitrogen and oxygen atoms in total. The maximum atomic E-state index is 12.4. The molecular formula is C46H48N16O6. The summed E-state index contributed by atoms with van der Waals surface area (Å²) in [6.07, 6.45) is 11.3. The molecule has 0 aliphatic carbocycles. The molecule has 4 atom stereocenters. The summed E-state index contributed by atoms with van der Waals surface area (Å²) in [5.41, 5.74) is 3.06. The van der Waals surface area contributed by atoms with Gasteiger partial charge in [-0.05, 0) is 50.2 Å². The van der Waals surface area contributed by atoms with Crippen molar-refractivity contribution in [3.05, 3.63) is 120 Å². The normalized spacial score (nSPS) is 18.9. The van der Waals surface area contributed by atoms with Crippen LogP contribution in [0.2, 0.25) is 0 Å². The number of amides is 2. The van der Waals surface area contributed by atoms with Crippen LogP contribution in [0, 0.1) is 0 Å². The third-order valence-corrected chi connectivity index (χ3v) is 11.9. The van der Waals surface area contributed by atoms with E-state index in [1.165, 1.54) is 9.80 Å². The Hall–Kier alpha value is -8.24. The summed E-state index contributed by atoms with van der Waals surface area (Å²) in [4.78, 5) is 54.8. The molecule has 0 bridgehead atoms. The van der Waals surface area contributed by atoms with Gasteiger partial charge in [0.15, 0.2) is 11.5 Å². The molecular weight excluding hydrogens is 873 g/mol. The molecule has 348 valence electrons. The van der Waals surface area contributed by atoms with Crippen LogP contribution >= 0.6 is 0 Å². The van der Waals surface area contributed by atoms with Crippen molar-refractivity contribution in [3.63, 3.8) is 0 Å². The summed E-state index contributed by atoms with van der Waals surface area (Å²) in [5, 5.41) is 44.7. The van der Waals surface area contributed by atoms with Crippen molar-refractivity contribution in [2.24, 2.45) is 14.1 Å². The quantitative estimate of drug-likeness (QED) is 0.133. The predicted molar refractivity (Wildman–Crippen MR) is 244 cm³/mol. The number of carbonyl (C=O) groups is 2. The van der Waals surface area contributed by atoms with Gasteiger partial charge in [0.2, 0.25) is 23.1 Å². The molecule has 2 saturated heterocycles. The van der Waals surface area contributed by atoms with Crippen LogP contribution in [0.25, 0.3) is 45.6 Å². The number of nitrogens with one attached hydrogen (secondary N) is 2. The zero-order valence-electron chi connectivity index (χ0n) is 38.0. The molecule has 2 aliphatic rings. The molecule has 10 rings (SSSR count). The molecule has 2 fully saturated rings. The predicted octanol–water partition coefficient (Wildman–Crippen LogP) is 4.30. The third-order valence-electron chi connectivity index (χ3n) is 11.9. The lowest BCUT2D eigenvalue weighted by atomic mass is 9.98. The fourth-order valence-electron chi connectivity index (χ4n) is 7.81. The minimum absolute atomic E-state index is 0.0278. The smallest absolute Gasteiger partial charge is 0.262 e. The molecule has 10 heterocycles. The molecule has 0 saturated carbocycles. The molecule has 0 aromatic carbocycles. The van der Waals surface area contributed by atoms with E-state index in [1.54, 1.807) is 84.6 Å². The number of likely N-dealkylation sites (N-methyl/N-ethyl adjacent to an activating group) is 2.